The molecule has 1 aromatic carbocycles. The molecule has 0 heterocycles. The second kappa shape index (κ2) is 8.26. The third-order valence-corrected chi connectivity index (χ3v) is 3.81. The molecule has 1 fully saturated rings. The Bertz CT molecular complexity index is 554. The van der Waals surface area contributed by atoms with Crippen LogP contribution in [0.4, 0.5) is 0 Å². The normalized spacial score (nSPS) is 15.1. The Hall–Kier alpha value is -1.66. The van der Waals surface area contributed by atoms with Crippen LogP contribution in [0.15, 0.2) is 18.2 Å². The van der Waals surface area contributed by atoms with E-state index in [0.29, 0.717) is 12.7 Å². The smallest absolute Gasteiger partial charge is 0.162 e. The SMILES string of the molecule is CCCCOc1cc(C#CC(C)(C)O)ccc1OC1CCCC1. The second-order valence-corrected chi connectivity index (χ2v) is 6.70. The third kappa shape index (κ3) is 6.15. The molecule has 126 valence electrons. The molecule has 23 heavy (non-hydrogen) atoms. The molecular formula is C20H28O3. The summed E-state index contributed by atoms with van der Waals surface area (Å²) in [6, 6.07) is 5.78. The molecule has 1 aliphatic rings. The van der Waals surface area contributed by atoms with Crippen molar-refractivity contribution in [3.8, 4) is 23.3 Å². The largest absolute Gasteiger partial charge is 0.490 e. The third-order valence-electron chi connectivity index (χ3n) is 3.81. The lowest BCUT2D eigenvalue weighted by atomic mass is 10.1. The van der Waals surface area contributed by atoms with Crippen molar-refractivity contribution < 1.29 is 14.6 Å². The highest BCUT2D eigenvalue weighted by Crippen LogP contribution is 2.32. The minimum Gasteiger partial charge on any atom is -0.490 e. The minimum atomic E-state index is -0.998. The summed E-state index contributed by atoms with van der Waals surface area (Å²) in [7, 11) is 0. The summed E-state index contributed by atoms with van der Waals surface area (Å²) in [5.74, 6) is 7.40. The topological polar surface area (TPSA) is 38.7 Å². The lowest BCUT2D eigenvalue weighted by Crippen LogP contribution is -2.14. The van der Waals surface area contributed by atoms with Crippen LogP contribution >= 0.6 is 0 Å². The van der Waals surface area contributed by atoms with Gasteiger partial charge in [0.25, 0.3) is 0 Å². The lowest BCUT2D eigenvalue weighted by molar-refractivity contribution is 0.143. The molecule has 0 spiro atoms. The van der Waals surface area contributed by atoms with Crippen LogP contribution < -0.4 is 9.47 Å². The molecule has 1 N–H and O–H groups in total. The fourth-order valence-corrected chi connectivity index (χ4v) is 2.53. The number of unbranched alkanes of at least 4 members (excludes halogenated alkanes) is 1. The summed E-state index contributed by atoms with van der Waals surface area (Å²) in [5.41, 5.74) is -0.167. The molecule has 0 radical (unpaired) electrons. The molecule has 1 aromatic rings. The second-order valence-electron chi connectivity index (χ2n) is 6.70. The maximum absolute atomic E-state index is 9.74. The van der Waals surface area contributed by atoms with Gasteiger partial charge in [-0.25, -0.2) is 0 Å². The summed E-state index contributed by atoms with van der Waals surface area (Å²) in [6.45, 7) is 6.18. The van der Waals surface area contributed by atoms with Gasteiger partial charge in [-0.15, -0.1) is 0 Å². The predicted molar refractivity (Wildman–Crippen MR) is 92.9 cm³/mol. The Kier molecular flexibility index (Phi) is 6.36. The van der Waals surface area contributed by atoms with Crippen molar-refractivity contribution >= 4 is 0 Å². The zero-order valence-electron chi connectivity index (χ0n) is 14.5. The van der Waals surface area contributed by atoms with Gasteiger partial charge in [0, 0.05) is 5.56 Å². The number of benzene rings is 1. The Morgan fingerprint density at radius 3 is 2.61 bits per heavy atom. The Morgan fingerprint density at radius 1 is 1.22 bits per heavy atom. The highest BCUT2D eigenvalue weighted by molar-refractivity contribution is 5.49. The monoisotopic (exact) mass is 316 g/mol. The van der Waals surface area contributed by atoms with Gasteiger partial charge in [-0.3, -0.25) is 0 Å². The summed E-state index contributed by atoms with van der Waals surface area (Å²) in [6.07, 6.45) is 7.14. The van der Waals surface area contributed by atoms with Gasteiger partial charge < -0.3 is 14.6 Å². The fraction of sp³-hybridized carbons (Fsp3) is 0.600. The van der Waals surface area contributed by atoms with Crippen LogP contribution in [0.25, 0.3) is 0 Å². The molecule has 3 nitrogen and oxygen atoms in total. The molecule has 2 rings (SSSR count). The first-order valence-electron chi connectivity index (χ1n) is 8.67. The maximum atomic E-state index is 9.74. The van der Waals surface area contributed by atoms with Crippen molar-refractivity contribution in [2.75, 3.05) is 6.61 Å². The highest BCUT2D eigenvalue weighted by Gasteiger charge is 2.18. The van der Waals surface area contributed by atoms with E-state index in [4.69, 9.17) is 9.47 Å². The van der Waals surface area contributed by atoms with E-state index in [-0.39, 0.29) is 0 Å². The molecular weight excluding hydrogens is 288 g/mol. The van der Waals surface area contributed by atoms with E-state index in [1.807, 2.05) is 18.2 Å². The van der Waals surface area contributed by atoms with E-state index in [1.54, 1.807) is 13.8 Å². The van der Waals surface area contributed by atoms with Crippen LogP contribution in [0.1, 0.15) is 64.9 Å². The zero-order valence-corrected chi connectivity index (χ0v) is 14.5. The van der Waals surface area contributed by atoms with Gasteiger partial charge in [-0.2, -0.15) is 0 Å². The van der Waals surface area contributed by atoms with Gasteiger partial charge in [0.1, 0.15) is 5.60 Å². The molecule has 0 unspecified atom stereocenters. The van der Waals surface area contributed by atoms with Crippen molar-refractivity contribution in [2.45, 2.75) is 71.0 Å². The Labute approximate surface area is 140 Å². The van der Waals surface area contributed by atoms with Gasteiger partial charge in [0.05, 0.1) is 12.7 Å². The van der Waals surface area contributed by atoms with Crippen molar-refractivity contribution in [2.24, 2.45) is 0 Å². The minimum absolute atomic E-state index is 0.303. The van der Waals surface area contributed by atoms with Gasteiger partial charge in [0.2, 0.25) is 0 Å². The fourth-order valence-electron chi connectivity index (χ4n) is 2.53. The van der Waals surface area contributed by atoms with Gasteiger partial charge in [-0.1, -0.05) is 25.2 Å². The number of hydrogen-bond donors (Lipinski definition) is 1. The van der Waals surface area contributed by atoms with E-state index in [2.05, 4.69) is 18.8 Å². The van der Waals surface area contributed by atoms with Crippen LogP contribution in [0, 0.1) is 11.8 Å². The van der Waals surface area contributed by atoms with Gasteiger partial charge >= 0.3 is 0 Å². The number of aliphatic hydroxyl groups is 1. The first kappa shape index (κ1) is 17.7. The van der Waals surface area contributed by atoms with Crippen molar-refractivity contribution in [1.82, 2.24) is 0 Å². The molecule has 1 aliphatic carbocycles. The molecule has 0 aromatic heterocycles. The van der Waals surface area contributed by atoms with Crippen LogP contribution in [0.3, 0.4) is 0 Å². The van der Waals surface area contributed by atoms with Crippen molar-refractivity contribution in [3.63, 3.8) is 0 Å². The van der Waals surface area contributed by atoms with Crippen LogP contribution in [-0.2, 0) is 0 Å². The molecule has 0 aliphatic heterocycles. The maximum Gasteiger partial charge on any atom is 0.162 e. The van der Waals surface area contributed by atoms with Gasteiger partial charge in [-0.05, 0) is 64.2 Å². The van der Waals surface area contributed by atoms with Crippen molar-refractivity contribution in [1.29, 1.82) is 0 Å². The Morgan fingerprint density at radius 2 is 1.96 bits per heavy atom. The quantitative estimate of drug-likeness (QED) is 0.628. The molecule has 0 amide bonds. The van der Waals surface area contributed by atoms with Crippen molar-refractivity contribution in [3.05, 3.63) is 23.8 Å². The zero-order chi connectivity index (χ0) is 16.7. The predicted octanol–water partition coefficient (Wildman–Crippen LogP) is 4.31. The van der Waals surface area contributed by atoms with E-state index in [0.717, 1.165) is 42.7 Å². The first-order valence-corrected chi connectivity index (χ1v) is 8.67. The summed E-state index contributed by atoms with van der Waals surface area (Å²) in [5, 5.41) is 9.74. The molecule has 1 saturated carbocycles. The van der Waals surface area contributed by atoms with Crippen LogP contribution in [0.5, 0.6) is 11.5 Å². The van der Waals surface area contributed by atoms with E-state index < -0.39 is 5.60 Å². The van der Waals surface area contributed by atoms with E-state index in [9.17, 15) is 5.11 Å². The van der Waals surface area contributed by atoms with Crippen LogP contribution in [-0.4, -0.2) is 23.4 Å². The number of hydrogen-bond acceptors (Lipinski definition) is 3. The van der Waals surface area contributed by atoms with Crippen LogP contribution in [0.2, 0.25) is 0 Å². The highest BCUT2D eigenvalue weighted by atomic mass is 16.5. The molecule has 3 heteroatoms. The average Bonchev–Trinajstić information content (AvgIpc) is 3.00. The summed E-state index contributed by atoms with van der Waals surface area (Å²) < 4.78 is 12.0. The summed E-state index contributed by atoms with van der Waals surface area (Å²) in [4.78, 5) is 0. The number of rotatable bonds is 6. The standard InChI is InChI=1S/C20H28O3/c1-4-5-14-22-19-15-16(12-13-20(2,3)21)10-11-18(19)23-17-8-6-7-9-17/h10-11,15,17,21H,4-9,14H2,1-3H3. The van der Waals surface area contributed by atoms with Gasteiger partial charge in [0.15, 0.2) is 11.5 Å². The van der Waals surface area contributed by atoms with E-state index >= 15 is 0 Å². The number of ether oxygens (including phenoxy) is 2. The molecule has 0 saturated heterocycles. The molecule has 0 atom stereocenters. The summed E-state index contributed by atoms with van der Waals surface area (Å²) >= 11 is 0. The average molecular weight is 316 g/mol. The molecule has 0 bridgehead atoms. The lowest BCUT2D eigenvalue weighted by Gasteiger charge is -2.17. The van der Waals surface area contributed by atoms with E-state index in [1.165, 1.54) is 12.8 Å². The Balaban J connectivity index is 2.16. The first-order chi connectivity index (χ1) is 11.0.